The van der Waals surface area contributed by atoms with Crippen LogP contribution >= 0.6 is 0 Å². The first-order valence-electron chi connectivity index (χ1n) is 5.76. The standard InChI is InChI=1S/C15H13FO2/c1-2-15(17)18-14-10-12(8-9-13(14)16)11-6-4-3-5-7-11/h3-10H,2H2,1H3. The fraction of sp³-hybridized carbons (Fsp3) is 0.133. The molecule has 0 fully saturated rings. The summed E-state index contributed by atoms with van der Waals surface area (Å²) in [5, 5.41) is 0. The van der Waals surface area contributed by atoms with Gasteiger partial charge in [0.1, 0.15) is 0 Å². The molecule has 92 valence electrons. The van der Waals surface area contributed by atoms with Gasteiger partial charge in [0.15, 0.2) is 11.6 Å². The minimum absolute atomic E-state index is 0.0248. The van der Waals surface area contributed by atoms with E-state index in [2.05, 4.69) is 0 Å². The SMILES string of the molecule is CCC(=O)Oc1cc(-c2ccccc2)ccc1F. The number of carbonyl (C=O) groups excluding carboxylic acids is 1. The molecule has 0 saturated carbocycles. The van der Waals surface area contributed by atoms with Crippen molar-refractivity contribution in [1.82, 2.24) is 0 Å². The Hall–Kier alpha value is -2.16. The molecule has 3 heteroatoms. The number of carbonyl (C=O) groups is 1. The summed E-state index contributed by atoms with van der Waals surface area (Å²) in [6.45, 7) is 1.67. The Balaban J connectivity index is 2.35. The van der Waals surface area contributed by atoms with Crippen LogP contribution in [-0.2, 0) is 4.79 Å². The second kappa shape index (κ2) is 5.45. The Morgan fingerprint density at radius 3 is 2.50 bits per heavy atom. The van der Waals surface area contributed by atoms with E-state index in [9.17, 15) is 9.18 Å². The molecule has 2 aromatic carbocycles. The highest BCUT2D eigenvalue weighted by Crippen LogP contribution is 2.26. The van der Waals surface area contributed by atoms with E-state index >= 15 is 0 Å². The van der Waals surface area contributed by atoms with E-state index in [-0.39, 0.29) is 12.2 Å². The van der Waals surface area contributed by atoms with Gasteiger partial charge in [0.25, 0.3) is 0 Å². The van der Waals surface area contributed by atoms with Gasteiger partial charge in [-0.15, -0.1) is 0 Å². The zero-order chi connectivity index (χ0) is 13.0. The average molecular weight is 244 g/mol. The lowest BCUT2D eigenvalue weighted by Crippen LogP contribution is -2.06. The molecule has 0 heterocycles. The highest BCUT2D eigenvalue weighted by Gasteiger charge is 2.09. The van der Waals surface area contributed by atoms with Crippen molar-refractivity contribution in [3.63, 3.8) is 0 Å². The Kier molecular flexibility index (Phi) is 3.72. The summed E-state index contributed by atoms with van der Waals surface area (Å²) in [4.78, 5) is 11.2. The lowest BCUT2D eigenvalue weighted by atomic mass is 10.1. The average Bonchev–Trinajstić information content (AvgIpc) is 2.42. The second-order valence-corrected chi connectivity index (χ2v) is 3.84. The Labute approximate surface area is 105 Å². The molecule has 0 aliphatic heterocycles. The number of esters is 1. The largest absolute Gasteiger partial charge is 0.423 e. The minimum Gasteiger partial charge on any atom is -0.423 e. The van der Waals surface area contributed by atoms with Crippen molar-refractivity contribution >= 4 is 5.97 Å². The van der Waals surface area contributed by atoms with Crippen LogP contribution in [0.3, 0.4) is 0 Å². The van der Waals surface area contributed by atoms with Crippen LogP contribution in [0.5, 0.6) is 5.75 Å². The fourth-order valence-corrected chi connectivity index (χ4v) is 1.59. The van der Waals surface area contributed by atoms with E-state index < -0.39 is 11.8 Å². The number of ether oxygens (including phenoxy) is 1. The molecule has 0 aliphatic rings. The molecule has 2 aromatic rings. The molecule has 0 bridgehead atoms. The molecule has 0 saturated heterocycles. The van der Waals surface area contributed by atoms with Crippen molar-refractivity contribution in [2.75, 3.05) is 0 Å². The summed E-state index contributed by atoms with van der Waals surface area (Å²) < 4.78 is 18.4. The second-order valence-electron chi connectivity index (χ2n) is 3.84. The summed E-state index contributed by atoms with van der Waals surface area (Å²) in [5.74, 6) is -1.00. The van der Waals surface area contributed by atoms with Crippen molar-refractivity contribution in [3.05, 3.63) is 54.3 Å². The zero-order valence-corrected chi connectivity index (χ0v) is 10.0. The van der Waals surface area contributed by atoms with Crippen molar-refractivity contribution in [3.8, 4) is 16.9 Å². The van der Waals surface area contributed by atoms with Crippen LogP contribution in [0.2, 0.25) is 0 Å². The molecular weight excluding hydrogens is 231 g/mol. The van der Waals surface area contributed by atoms with Gasteiger partial charge < -0.3 is 4.74 Å². The number of hydrogen-bond donors (Lipinski definition) is 0. The normalized spacial score (nSPS) is 10.1. The third-order valence-corrected chi connectivity index (χ3v) is 2.55. The predicted molar refractivity (Wildman–Crippen MR) is 67.8 cm³/mol. The van der Waals surface area contributed by atoms with Crippen molar-refractivity contribution in [2.45, 2.75) is 13.3 Å². The van der Waals surface area contributed by atoms with Gasteiger partial charge in [0.2, 0.25) is 0 Å². The molecule has 0 amide bonds. The Bertz CT molecular complexity index is 550. The quantitative estimate of drug-likeness (QED) is 0.606. The lowest BCUT2D eigenvalue weighted by molar-refractivity contribution is -0.134. The van der Waals surface area contributed by atoms with E-state index in [1.54, 1.807) is 13.0 Å². The minimum atomic E-state index is -0.531. The first-order valence-corrected chi connectivity index (χ1v) is 5.76. The van der Waals surface area contributed by atoms with Gasteiger partial charge in [-0.25, -0.2) is 4.39 Å². The Morgan fingerprint density at radius 1 is 1.11 bits per heavy atom. The molecule has 0 N–H and O–H groups in total. The molecule has 2 rings (SSSR count). The maximum absolute atomic E-state index is 13.5. The fourth-order valence-electron chi connectivity index (χ4n) is 1.59. The third kappa shape index (κ3) is 2.74. The molecule has 18 heavy (non-hydrogen) atoms. The van der Waals surface area contributed by atoms with Gasteiger partial charge in [-0.2, -0.15) is 0 Å². The number of hydrogen-bond acceptors (Lipinski definition) is 2. The summed E-state index contributed by atoms with van der Waals surface area (Å²) in [6.07, 6.45) is 0.217. The molecule has 0 aromatic heterocycles. The maximum Gasteiger partial charge on any atom is 0.310 e. The van der Waals surface area contributed by atoms with Crippen molar-refractivity contribution in [1.29, 1.82) is 0 Å². The van der Waals surface area contributed by atoms with Crippen LogP contribution in [0.1, 0.15) is 13.3 Å². The third-order valence-electron chi connectivity index (χ3n) is 2.55. The number of halogens is 1. The Morgan fingerprint density at radius 2 is 1.83 bits per heavy atom. The van der Waals surface area contributed by atoms with E-state index in [4.69, 9.17) is 4.74 Å². The first kappa shape index (κ1) is 12.3. The molecule has 0 atom stereocenters. The smallest absolute Gasteiger partial charge is 0.310 e. The topological polar surface area (TPSA) is 26.3 Å². The van der Waals surface area contributed by atoms with Gasteiger partial charge >= 0.3 is 5.97 Å². The summed E-state index contributed by atoms with van der Waals surface area (Å²) in [7, 11) is 0. The lowest BCUT2D eigenvalue weighted by Gasteiger charge is -2.07. The molecule has 2 nitrogen and oxygen atoms in total. The summed E-state index contributed by atoms with van der Waals surface area (Å²) in [5.41, 5.74) is 1.77. The molecular formula is C15H13FO2. The van der Waals surface area contributed by atoms with Crippen molar-refractivity contribution < 1.29 is 13.9 Å². The van der Waals surface area contributed by atoms with Gasteiger partial charge in [0, 0.05) is 6.42 Å². The van der Waals surface area contributed by atoms with E-state index in [1.165, 1.54) is 12.1 Å². The number of benzene rings is 2. The van der Waals surface area contributed by atoms with Gasteiger partial charge in [-0.3, -0.25) is 4.79 Å². The van der Waals surface area contributed by atoms with Crippen LogP contribution in [0, 0.1) is 5.82 Å². The molecule has 0 unspecified atom stereocenters. The van der Waals surface area contributed by atoms with E-state index in [0.29, 0.717) is 0 Å². The highest BCUT2D eigenvalue weighted by molar-refractivity contribution is 5.73. The van der Waals surface area contributed by atoms with Crippen LogP contribution in [0.4, 0.5) is 4.39 Å². The monoisotopic (exact) mass is 244 g/mol. The highest BCUT2D eigenvalue weighted by atomic mass is 19.1. The van der Waals surface area contributed by atoms with Gasteiger partial charge in [-0.05, 0) is 23.3 Å². The first-order chi connectivity index (χ1) is 8.70. The molecule has 0 radical (unpaired) electrons. The van der Waals surface area contributed by atoms with Crippen LogP contribution < -0.4 is 4.74 Å². The maximum atomic E-state index is 13.5. The van der Waals surface area contributed by atoms with Crippen LogP contribution in [0.25, 0.3) is 11.1 Å². The predicted octanol–water partition coefficient (Wildman–Crippen LogP) is 3.81. The van der Waals surface area contributed by atoms with E-state index in [0.717, 1.165) is 11.1 Å². The van der Waals surface area contributed by atoms with Crippen LogP contribution in [0.15, 0.2) is 48.5 Å². The zero-order valence-electron chi connectivity index (χ0n) is 10.0. The van der Waals surface area contributed by atoms with Crippen LogP contribution in [-0.4, -0.2) is 5.97 Å². The van der Waals surface area contributed by atoms with E-state index in [1.807, 2.05) is 30.3 Å². The summed E-state index contributed by atoms with van der Waals surface area (Å²) >= 11 is 0. The number of rotatable bonds is 3. The molecule has 0 spiro atoms. The summed E-state index contributed by atoms with van der Waals surface area (Å²) in [6, 6.07) is 14.0. The van der Waals surface area contributed by atoms with Gasteiger partial charge in [-0.1, -0.05) is 43.3 Å². The molecule has 0 aliphatic carbocycles. The van der Waals surface area contributed by atoms with Gasteiger partial charge in [0.05, 0.1) is 0 Å². The van der Waals surface area contributed by atoms with Crippen molar-refractivity contribution in [2.24, 2.45) is 0 Å².